The predicted molar refractivity (Wildman–Crippen MR) is 162 cm³/mol. The second-order valence-corrected chi connectivity index (χ2v) is 10.3. The molecule has 2 aromatic carbocycles. The highest BCUT2D eigenvalue weighted by Gasteiger charge is 2.18. The summed E-state index contributed by atoms with van der Waals surface area (Å²) in [5.74, 6) is 1.28. The summed E-state index contributed by atoms with van der Waals surface area (Å²) in [4.78, 5) is 24.7. The first-order chi connectivity index (χ1) is 18.9. The summed E-state index contributed by atoms with van der Waals surface area (Å²) in [5.41, 5.74) is 8.61. The predicted octanol–water partition coefficient (Wildman–Crippen LogP) is 3.75. The van der Waals surface area contributed by atoms with E-state index in [1.807, 2.05) is 78.0 Å². The molecule has 39 heavy (non-hydrogen) atoms. The van der Waals surface area contributed by atoms with Crippen LogP contribution in [0.5, 0.6) is 5.75 Å². The zero-order valence-electron chi connectivity index (χ0n) is 21.6. The van der Waals surface area contributed by atoms with E-state index in [9.17, 15) is 4.79 Å². The molecule has 10 nitrogen and oxygen atoms in total. The van der Waals surface area contributed by atoms with Crippen molar-refractivity contribution in [3.63, 3.8) is 0 Å². The fourth-order valence-corrected chi connectivity index (χ4v) is 5.31. The van der Waals surface area contributed by atoms with Crippen molar-refractivity contribution in [2.75, 3.05) is 50.5 Å². The molecule has 5 rings (SSSR count). The molecular weight excluding hydrogens is 609 g/mol. The topological polar surface area (TPSA) is 131 Å². The number of ether oxygens (including phenoxy) is 2. The Labute approximate surface area is 239 Å². The zero-order valence-corrected chi connectivity index (χ0v) is 23.8. The highest BCUT2D eigenvalue weighted by atomic mass is 127. The first-order valence-electron chi connectivity index (χ1n) is 12.7. The summed E-state index contributed by atoms with van der Waals surface area (Å²) < 4.78 is 13.6. The van der Waals surface area contributed by atoms with Gasteiger partial charge in [-0.3, -0.25) is 19.7 Å². The molecule has 1 fully saturated rings. The lowest BCUT2D eigenvalue weighted by molar-refractivity contribution is 0.0322. The third kappa shape index (κ3) is 5.89. The van der Waals surface area contributed by atoms with Crippen LogP contribution in [0.4, 0.5) is 11.6 Å². The fraction of sp³-hybridized carbons (Fsp3) is 0.286. The number of aromatic nitrogens is 3. The molecule has 3 heterocycles. The summed E-state index contributed by atoms with van der Waals surface area (Å²) in [5, 5.41) is 12.9. The first-order valence-corrected chi connectivity index (χ1v) is 13.8. The number of pyridine rings is 1. The van der Waals surface area contributed by atoms with Crippen LogP contribution in [0.3, 0.4) is 0 Å². The Morgan fingerprint density at radius 1 is 1.18 bits per heavy atom. The number of halogens is 1. The van der Waals surface area contributed by atoms with E-state index in [0.29, 0.717) is 40.5 Å². The molecule has 202 valence electrons. The fourth-order valence-electron chi connectivity index (χ4n) is 4.78. The number of rotatable bonds is 9. The first kappa shape index (κ1) is 27.0. The van der Waals surface area contributed by atoms with E-state index < -0.39 is 0 Å². The van der Waals surface area contributed by atoms with E-state index in [4.69, 9.17) is 20.6 Å². The number of para-hydroxylation sites is 2. The van der Waals surface area contributed by atoms with Gasteiger partial charge < -0.3 is 20.5 Å². The molecule has 0 atom stereocenters. The molecule has 0 spiro atoms. The molecule has 1 saturated heterocycles. The van der Waals surface area contributed by atoms with Gasteiger partial charge in [0.1, 0.15) is 34.0 Å². The van der Waals surface area contributed by atoms with Gasteiger partial charge >= 0.3 is 0 Å². The van der Waals surface area contributed by atoms with Gasteiger partial charge in [0.2, 0.25) is 0 Å². The van der Waals surface area contributed by atoms with E-state index in [2.05, 4.69) is 20.2 Å². The van der Waals surface area contributed by atoms with Crippen LogP contribution < -0.4 is 21.3 Å². The normalized spacial score (nSPS) is 13.9. The molecule has 0 amide bonds. The smallest absolute Gasteiger partial charge is 0.263 e. The van der Waals surface area contributed by atoms with Crippen LogP contribution in [0.15, 0.2) is 59.7 Å². The van der Waals surface area contributed by atoms with Crippen LogP contribution >= 0.6 is 22.6 Å². The van der Waals surface area contributed by atoms with Crippen molar-refractivity contribution in [3.8, 4) is 11.4 Å². The van der Waals surface area contributed by atoms with E-state index >= 15 is 0 Å². The van der Waals surface area contributed by atoms with E-state index in [1.165, 1.54) is 6.33 Å². The molecule has 4 N–H and O–H groups in total. The van der Waals surface area contributed by atoms with Gasteiger partial charge in [-0.1, -0.05) is 30.3 Å². The van der Waals surface area contributed by atoms with Gasteiger partial charge in [-0.05, 0) is 58.7 Å². The molecule has 2 aromatic heterocycles. The van der Waals surface area contributed by atoms with Crippen molar-refractivity contribution in [1.82, 2.24) is 19.4 Å². The SMILES string of the molecule is Cc1cccc2cc(CNc3ncnc(N)c3C(=N)I)n(-c3ccccc3OCCN3CCOCC3)c(=O)c12. The van der Waals surface area contributed by atoms with Gasteiger partial charge in [0.25, 0.3) is 5.56 Å². The van der Waals surface area contributed by atoms with Crippen LogP contribution in [-0.4, -0.2) is 62.6 Å². The van der Waals surface area contributed by atoms with Gasteiger partial charge in [-0.25, -0.2) is 9.97 Å². The van der Waals surface area contributed by atoms with Crippen molar-refractivity contribution < 1.29 is 9.47 Å². The second-order valence-electron chi connectivity index (χ2n) is 9.24. The number of morpholine rings is 1. The maximum atomic E-state index is 14.1. The van der Waals surface area contributed by atoms with Crippen molar-refractivity contribution in [3.05, 3.63) is 82.0 Å². The third-order valence-electron chi connectivity index (χ3n) is 6.74. The van der Waals surface area contributed by atoms with Crippen LogP contribution in [0, 0.1) is 12.3 Å². The van der Waals surface area contributed by atoms with Crippen LogP contribution in [0.2, 0.25) is 0 Å². The molecule has 0 bridgehead atoms. The van der Waals surface area contributed by atoms with E-state index in [-0.39, 0.29) is 21.6 Å². The molecule has 1 aliphatic rings. The number of benzene rings is 2. The van der Waals surface area contributed by atoms with Crippen molar-refractivity contribution in [1.29, 1.82) is 5.41 Å². The Bertz CT molecular complexity index is 1570. The Morgan fingerprint density at radius 3 is 2.77 bits per heavy atom. The number of hydrogen-bond donors (Lipinski definition) is 3. The Morgan fingerprint density at radius 2 is 1.97 bits per heavy atom. The van der Waals surface area contributed by atoms with Crippen molar-refractivity contribution in [2.45, 2.75) is 13.5 Å². The highest BCUT2D eigenvalue weighted by molar-refractivity contribution is 14.1. The minimum absolute atomic E-state index is 0.129. The molecule has 11 heteroatoms. The lowest BCUT2D eigenvalue weighted by Gasteiger charge is -2.26. The van der Waals surface area contributed by atoms with E-state index in [1.54, 1.807) is 4.57 Å². The summed E-state index contributed by atoms with van der Waals surface area (Å²) in [6.07, 6.45) is 1.36. The number of fused-ring (bicyclic) bond motifs is 1. The number of nitrogen functional groups attached to an aromatic ring is 1. The van der Waals surface area contributed by atoms with Gasteiger partial charge in [-0.2, -0.15) is 0 Å². The van der Waals surface area contributed by atoms with Crippen LogP contribution in [0.1, 0.15) is 16.8 Å². The number of nitrogens with zero attached hydrogens (tertiary/aromatic N) is 4. The third-order valence-corrected chi connectivity index (χ3v) is 7.28. The summed E-state index contributed by atoms with van der Waals surface area (Å²) >= 11 is 1.88. The summed E-state index contributed by atoms with van der Waals surface area (Å²) in [6, 6.07) is 15.4. The quantitative estimate of drug-likeness (QED) is 0.187. The molecule has 0 aliphatic carbocycles. The second kappa shape index (κ2) is 12.1. The minimum atomic E-state index is -0.129. The monoisotopic (exact) mass is 639 g/mol. The average molecular weight is 639 g/mol. The van der Waals surface area contributed by atoms with Gasteiger partial charge in [0.15, 0.2) is 0 Å². The molecule has 0 radical (unpaired) electrons. The van der Waals surface area contributed by atoms with Gasteiger partial charge in [0.05, 0.1) is 36.4 Å². The highest BCUT2D eigenvalue weighted by Crippen LogP contribution is 2.27. The van der Waals surface area contributed by atoms with Crippen molar-refractivity contribution in [2.24, 2.45) is 0 Å². The Balaban J connectivity index is 1.54. The lowest BCUT2D eigenvalue weighted by atomic mass is 10.1. The molecule has 4 aromatic rings. The number of nitrogens with two attached hydrogens (primary N) is 1. The standard InChI is InChI=1S/C28H30IN7O3/c1-18-5-4-6-19-15-20(16-32-27-24(25(29)30)26(31)33-17-34-27)36(28(37)23(18)19)21-7-2-3-8-22(21)39-14-11-35-9-12-38-13-10-35/h2-8,15,17,30H,9-14,16H2,1H3,(H3,31,32,33,34). The van der Waals surface area contributed by atoms with Crippen LogP contribution in [-0.2, 0) is 11.3 Å². The number of aryl methyl sites for hydroxylation is 1. The maximum Gasteiger partial charge on any atom is 0.263 e. The lowest BCUT2D eigenvalue weighted by Crippen LogP contribution is -2.38. The van der Waals surface area contributed by atoms with Gasteiger partial charge in [0, 0.05) is 25.3 Å². The maximum absolute atomic E-state index is 14.1. The summed E-state index contributed by atoms with van der Waals surface area (Å²) in [7, 11) is 0. The molecule has 1 aliphatic heterocycles. The Hall–Kier alpha value is -3.55. The van der Waals surface area contributed by atoms with Gasteiger partial charge in [-0.15, -0.1) is 0 Å². The molecule has 0 unspecified atom stereocenters. The number of anilines is 2. The number of nitrogens with one attached hydrogen (secondary N) is 2. The van der Waals surface area contributed by atoms with E-state index in [0.717, 1.165) is 43.8 Å². The number of hydrogen-bond acceptors (Lipinski definition) is 9. The largest absolute Gasteiger partial charge is 0.490 e. The van der Waals surface area contributed by atoms with Crippen molar-refractivity contribution >= 4 is 48.7 Å². The summed E-state index contributed by atoms with van der Waals surface area (Å²) in [6.45, 7) is 6.70. The average Bonchev–Trinajstić information content (AvgIpc) is 2.93. The zero-order chi connectivity index (χ0) is 27.4. The Kier molecular flexibility index (Phi) is 8.38. The molecule has 0 saturated carbocycles. The molecular formula is C28H30IN7O3. The van der Waals surface area contributed by atoms with Crippen LogP contribution in [0.25, 0.3) is 16.5 Å². The minimum Gasteiger partial charge on any atom is -0.490 e.